The van der Waals surface area contributed by atoms with Gasteiger partial charge in [-0.15, -0.1) is 11.8 Å². The van der Waals surface area contributed by atoms with Crippen molar-refractivity contribution in [2.24, 2.45) is 0 Å². The van der Waals surface area contributed by atoms with Crippen LogP contribution in [-0.2, 0) is 19.4 Å². The molecule has 1 atom stereocenters. The average Bonchev–Trinajstić information content (AvgIpc) is 3.02. The van der Waals surface area contributed by atoms with Gasteiger partial charge in [0.15, 0.2) is 9.84 Å². The highest BCUT2D eigenvalue weighted by molar-refractivity contribution is 8.00. The summed E-state index contributed by atoms with van der Waals surface area (Å²) in [5, 5.41) is 5.00. The maximum absolute atomic E-state index is 12.5. The number of nitrogens with one attached hydrogen (secondary N) is 1. The van der Waals surface area contributed by atoms with E-state index in [0.29, 0.717) is 13.0 Å². The number of sulfone groups is 1. The van der Waals surface area contributed by atoms with Gasteiger partial charge in [-0.1, -0.05) is 30.3 Å². The van der Waals surface area contributed by atoms with Gasteiger partial charge < -0.3 is 10.2 Å². The number of carbonyl (C=O) groups excluding carboxylic acids is 2. The molecule has 0 aromatic heterocycles. The van der Waals surface area contributed by atoms with E-state index in [0.717, 1.165) is 15.7 Å². The molecular weight excluding hydrogens is 396 g/mol. The molecule has 1 N–H and O–H groups in total. The molecule has 0 aliphatic carbocycles. The highest BCUT2D eigenvalue weighted by Gasteiger charge is 2.29. The summed E-state index contributed by atoms with van der Waals surface area (Å²) in [5.41, 5.74) is 0. The van der Waals surface area contributed by atoms with Crippen molar-refractivity contribution in [1.29, 1.82) is 0 Å². The summed E-state index contributed by atoms with van der Waals surface area (Å²) in [5.74, 6) is -0.0900. The van der Waals surface area contributed by atoms with Crippen molar-refractivity contribution >= 4 is 44.2 Å². The fourth-order valence-electron chi connectivity index (χ4n) is 3.23. The Kier molecular flexibility index (Phi) is 6.61. The number of rotatable bonds is 7. The number of hydrogen-bond acceptors (Lipinski definition) is 5. The highest BCUT2D eigenvalue weighted by atomic mass is 32.2. The molecule has 0 saturated carbocycles. The van der Waals surface area contributed by atoms with E-state index in [1.165, 1.54) is 16.7 Å². The van der Waals surface area contributed by atoms with Crippen LogP contribution in [0, 0.1) is 0 Å². The Morgan fingerprint density at radius 3 is 2.61 bits per heavy atom. The fourth-order valence-corrected chi connectivity index (χ4v) is 5.75. The van der Waals surface area contributed by atoms with Crippen LogP contribution in [-0.4, -0.2) is 61.5 Å². The lowest BCUT2D eigenvalue weighted by molar-refractivity contribution is -0.134. The molecule has 3 rings (SSSR count). The van der Waals surface area contributed by atoms with Gasteiger partial charge >= 0.3 is 0 Å². The van der Waals surface area contributed by atoms with E-state index in [4.69, 9.17) is 0 Å². The Bertz CT molecular complexity index is 975. The first kappa shape index (κ1) is 20.7. The monoisotopic (exact) mass is 420 g/mol. The molecule has 1 fully saturated rings. The summed E-state index contributed by atoms with van der Waals surface area (Å²) < 4.78 is 23.0. The van der Waals surface area contributed by atoms with Crippen LogP contribution in [0.5, 0.6) is 0 Å². The number of carbonyl (C=O) groups is 2. The minimum Gasteiger partial charge on any atom is -0.351 e. The smallest absolute Gasteiger partial charge is 0.239 e. The van der Waals surface area contributed by atoms with Crippen LogP contribution in [0.2, 0.25) is 0 Å². The Hall–Kier alpha value is -2.06. The molecular formula is C20H24N2O4S2. The zero-order valence-electron chi connectivity index (χ0n) is 15.8. The Morgan fingerprint density at radius 2 is 1.93 bits per heavy atom. The molecule has 8 heteroatoms. The van der Waals surface area contributed by atoms with Gasteiger partial charge in [0.2, 0.25) is 11.8 Å². The molecule has 6 nitrogen and oxygen atoms in total. The largest absolute Gasteiger partial charge is 0.351 e. The number of fused-ring (bicyclic) bond motifs is 1. The lowest BCUT2D eigenvalue weighted by atomic mass is 10.1. The van der Waals surface area contributed by atoms with E-state index in [1.807, 2.05) is 43.3 Å². The molecule has 2 amide bonds. The predicted octanol–water partition coefficient (Wildman–Crippen LogP) is 2.08. The second-order valence-electron chi connectivity index (χ2n) is 6.87. The molecule has 1 saturated heterocycles. The average molecular weight is 421 g/mol. The lowest BCUT2D eigenvalue weighted by Crippen LogP contribution is -2.45. The van der Waals surface area contributed by atoms with Crippen LogP contribution in [0.3, 0.4) is 0 Å². The zero-order chi connectivity index (χ0) is 20.1. The third kappa shape index (κ3) is 5.48. The number of nitrogens with zero attached hydrogens (tertiary/aromatic N) is 1. The normalized spacial score (nSPS) is 18.1. The molecule has 1 aliphatic rings. The highest BCUT2D eigenvalue weighted by Crippen LogP contribution is 2.23. The van der Waals surface area contributed by atoms with E-state index in [9.17, 15) is 18.0 Å². The molecule has 150 valence electrons. The number of thioether (sulfide) groups is 1. The summed E-state index contributed by atoms with van der Waals surface area (Å²) in [6, 6.07) is 13.8. The van der Waals surface area contributed by atoms with Crippen molar-refractivity contribution in [3.63, 3.8) is 0 Å². The van der Waals surface area contributed by atoms with E-state index in [1.54, 1.807) is 0 Å². The van der Waals surface area contributed by atoms with Gasteiger partial charge in [0.25, 0.3) is 0 Å². The quantitative estimate of drug-likeness (QED) is 0.694. The van der Waals surface area contributed by atoms with E-state index in [2.05, 4.69) is 11.4 Å². The van der Waals surface area contributed by atoms with Crippen molar-refractivity contribution in [1.82, 2.24) is 10.2 Å². The van der Waals surface area contributed by atoms with Crippen molar-refractivity contribution in [2.75, 3.05) is 30.3 Å². The van der Waals surface area contributed by atoms with Crippen LogP contribution in [0.25, 0.3) is 10.8 Å². The number of amides is 2. The molecule has 1 unspecified atom stereocenters. The molecule has 0 radical (unpaired) electrons. The van der Waals surface area contributed by atoms with Gasteiger partial charge in [0.05, 0.1) is 23.8 Å². The topological polar surface area (TPSA) is 83.6 Å². The summed E-state index contributed by atoms with van der Waals surface area (Å²) in [6.45, 7) is 2.20. The minimum atomic E-state index is -3.05. The molecule has 2 aromatic carbocycles. The third-order valence-electron chi connectivity index (χ3n) is 4.75. The first-order valence-corrected chi connectivity index (χ1v) is 12.1. The summed E-state index contributed by atoms with van der Waals surface area (Å²) in [7, 11) is -3.05. The second kappa shape index (κ2) is 8.96. The maximum atomic E-state index is 12.5. The number of likely N-dealkylation sites (N-methyl/N-ethyl adjacent to an activating group) is 1. The zero-order valence-corrected chi connectivity index (χ0v) is 17.4. The first-order valence-electron chi connectivity index (χ1n) is 9.25. The maximum Gasteiger partial charge on any atom is 0.239 e. The van der Waals surface area contributed by atoms with Crippen molar-refractivity contribution in [2.45, 2.75) is 24.3 Å². The molecule has 2 aromatic rings. The SMILES string of the molecule is CCN(CC(=O)NC1CCS(=O)(=O)C1)C(=O)CSc1ccc2ccccc2c1. The van der Waals surface area contributed by atoms with Crippen LogP contribution >= 0.6 is 11.8 Å². The summed E-state index contributed by atoms with van der Waals surface area (Å²) in [4.78, 5) is 27.2. The van der Waals surface area contributed by atoms with Crippen LogP contribution in [0.1, 0.15) is 13.3 Å². The van der Waals surface area contributed by atoms with Gasteiger partial charge in [-0.05, 0) is 36.2 Å². The summed E-state index contributed by atoms with van der Waals surface area (Å²) >= 11 is 1.44. The first-order chi connectivity index (χ1) is 13.4. The molecule has 0 bridgehead atoms. The van der Waals surface area contributed by atoms with E-state index >= 15 is 0 Å². The van der Waals surface area contributed by atoms with Crippen molar-refractivity contribution in [3.8, 4) is 0 Å². The van der Waals surface area contributed by atoms with Crippen molar-refractivity contribution in [3.05, 3.63) is 42.5 Å². The van der Waals surface area contributed by atoms with Gasteiger partial charge in [-0.3, -0.25) is 9.59 Å². The molecule has 1 heterocycles. The van der Waals surface area contributed by atoms with Crippen molar-refractivity contribution < 1.29 is 18.0 Å². The van der Waals surface area contributed by atoms with Crippen LogP contribution in [0.15, 0.2) is 47.4 Å². The van der Waals surface area contributed by atoms with Crippen LogP contribution in [0.4, 0.5) is 0 Å². The minimum absolute atomic E-state index is 0.0172. The summed E-state index contributed by atoms with van der Waals surface area (Å²) in [6.07, 6.45) is 0.436. The number of benzene rings is 2. The predicted molar refractivity (Wildman–Crippen MR) is 112 cm³/mol. The van der Waals surface area contributed by atoms with Gasteiger partial charge in [-0.25, -0.2) is 8.42 Å². The Labute approximate surface area is 169 Å². The second-order valence-corrected chi connectivity index (χ2v) is 10.2. The lowest BCUT2D eigenvalue weighted by Gasteiger charge is -2.21. The standard InChI is InChI=1S/C20H24N2O4S2/c1-2-22(12-19(23)21-17-9-10-28(25,26)14-17)20(24)13-27-18-8-7-15-5-3-4-6-16(15)11-18/h3-8,11,17H,2,9-10,12-14H2,1H3,(H,21,23). The third-order valence-corrected chi connectivity index (χ3v) is 7.50. The Balaban J connectivity index is 1.51. The molecule has 1 aliphatic heterocycles. The van der Waals surface area contributed by atoms with E-state index < -0.39 is 9.84 Å². The Morgan fingerprint density at radius 1 is 1.18 bits per heavy atom. The molecule has 28 heavy (non-hydrogen) atoms. The van der Waals surface area contributed by atoms with Gasteiger partial charge in [-0.2, -0.15) is 0 Å². The van der Waals surface area contributed by atoms with E-state index in [-0.39, 0.29) is 41.7 Å². The van der Waals surface area contributed by atoms with Crippen LogP contribution < -0.4 is 5.32 Å². The number of hydrogen-bond donors (Lipinski definition) is 1. The van der Waals surface area contributed by atoms with Gasteiger partial charge in [0, 0.05) is 17.5 Å². The van der Waals surface area contributed by atoms with Gasteiger partial charge in [0.1, 0.15) is 0 Å². The fraction of sp³-hybridized carbons (Fsp3) is 0.400. The molecule has 0 spiro atoms.